The highest BCUT2D eigenvalue weighted by Crippen LogP contribution is 2.43. The number of hydrogen-bond donors (Lipinski definition) is 2. The fourth-order valence-corrected chi connectivity index (χ4v) is 10.4. The Kier molecular flexibility index (Phi) is 62.0. The van der Waals surface area contributed by atoms with Crippen LogP contribution in [0.1, 0.15) is 329 Å². The number of aliphatic hydroxyl groups excluding tert-OH is 1. The predicted octanol–water partition coefficient (Wildman–Crippen LogP) is 21.0. The van der Waals surface area contributed by atoms with Crippen LogP contribution >= 0.6 is 7.82 Å². The summed E-state index contributed by atoms with van der Waals surface area (Å²) in [5.41, 5.74) is 0. The molecule has 12 heteroatoms. The van der Waals surface area contributed by atoms with Crippen LogP contribution in [-0.2, 0) is 42.2 Å². The molecule has 0 rings (SSSR count). The third kappa shape index (κ3) is 61.7. The molecule has 3 atom stereocenters. The van der Waals surface area contributed by atoms with Crippen molar-refractivity contribution in [3.05, 3.63) is 60.8 Å². The Morgan fingerprint density at radius 1 is 0.341 bits per heavy atom. The molecule has 0 saturated carbocycles. The monoisotopic (exact) mass is 1170 g/mol. The first-order chi connectivity index (χ1) is 40.2. The number of carbonyl (C=O) groups excluding carboxylic acids is 3. The maximum atomic E-state index is 13.0. The Bertz CT molecular complexity index is 1610. The highest BCUT2D eigenvalue weighted by molar-refractivity contribution is 7.47. The molecule has 11 nitrogen and oxygen atoms in total. The van der Waals surface area contributed by atoms with Crippen molar-refractivity contribution >= 4 is 25.7 Å². The summed E-state index contributed by atoms with van der Waals surface area (Å²) >= 11 is 0. The molecule has 0 saturated heterocycles. The van der Waals surface area contributed by atoms with E-state index in [2.05, 4.69) is 81.5 Å². The van der Waals surface area contributed by atoms with E-state index in [1.807, 2.05) is 0 Å². The van der Waals surface area contributed by atoms with Crippen LogP contribution in [0.3, 0.4) is 0 Å². The van der Waals surface area contributed by atoms with Crippen LogP contribution in [-0.4, -0.2) is 66.5 Å². The quantitative estimate of drug-likeness (QED) is 0.0197. The lowest BCUT2D eigenvalue weighted by Crippen LogP contribution is -2.30. The molecular formula is C70H127O11P. The molecule has 0 aliphatic rings. The number of esters is 3. The molecule has 0 bridgehead atoms. The van der Waals surface area contributed by atoms with Crippen molar-refractivity contribution in [2.24, 2.45) is 0 Å². The third-order valence-corrected chi connectivity index (χ3v) is 15.8. The van der Waals surface area contributed by atoms with Crippen LogP contribution in [0.15, 0.2) is 60.8 Å². The number of allylic oxidation sites excluding steroid dienone is 10. The molecule has 0 fully saturated rings. The number of hydrogen-bond acceptors (Lipinski definition) is 10. The Morgan fingerprint density at radius 3 is 0.939 bits per heavy atom. The first-order valence-electron chi connectivity index (χ1n) is 34.2. The molecule has 0 aliphatic carbocycles. The topological polar surface area (TPSA) is 155 Å². The standard InChI is InChI=1S/C70H127O11P/c1-4-7-10-13-16-19-22-25-28-31-33-36-39-42-45-48-51-54-57-60-69(73)80-66(62-71)64-78-82(75,76)79-65-67(63-77-68(72)59-56-53-50-47-44-41-38-35-30-27-24-21-18-15-12-9-6-3)81-70(74)61-58-55-52-49-46-43-40-37-34-32-29-26-23-20-17-14-11-8-5-2/h17-18,20-21,25-30,66-67,71H,4-16,19,22-24,31-65H2,1-3H3,(H,75,76)/b20-17-,21-18-,28-25-,29-26-,30-27-. The van der Waals surface area contributed by atoms with Crippen LogP contribution in [0, 0.1) is 0 Å². The smallest absolute Gasteiger partial charge is 0.462 e. The van der Waals surface area contributed by atoms with Crippen LogP contribution in [0.5, 0.6) is 0 Å². The molecule has 0 aromatic rings. The maximum Gasteiger partial charge on any atom is 0.472 e. The minimum Gasteiger partial charge on any atom is -0.462 e. The second-order valence-corrected chi connectivity index (χ2v) is 24.4. The molecular weight excluding hydrogens is 1050 g/mol. The van der Waals surface area contributed by atoms with E-state index in [1.54, 1.807) is 0 Å². The molecule has 0 aromatic carbocycles. The van der Waals surface area contributed by atoms with Gasteiger partial charge in [-0.1, -0.05) is 261 Å². The summed E-state index contributed by atoms with van der Waals surface area (Å²) in [6.45, 7) is 4.64. The summed E-state index contributed by atoms with van der Waals surface area (Å²) in [5.74, 6) is -1.46. The minimum absolute atomic E-state index is 0.162. The Hall–Kier alpha value is -2.82. The average molecular weight is 1180 g/mol. The van der Waals surface area contributed by atoms with E-state index in [0.717, 1.165) is 83.5 Å². The molecule has 2 N–H and O–H groups in total. The van der Waals surface area contributed by atoms with E-state index in [4.69, 9.17) is 23.3 Å². The van der Waals surface area contributed by atoms with E-state index in [-0.39, 0.29) is 25.9 Å². The Labute approximate surface area is 504 Å². The van der Waals surface area contributed by atoms with Gasteiger partial charge in [0.1, 0.15) is 12.7 Å². The van der Waals surface area contributed by atoms with Crippen molar-refractivity contribution < 1.29 is 52.2 Å². The number of unbranched alkanes of at least 4 members (excludes halogenated alkanes) is 37. The van der Waals surface area contributed by atoms with Gasteiger partial charge in [0.25, 0.3) is 0 Å². The van der Waals surface area contributed by atoms with Gasteiger partial charge in [-0.3, -0.25) is 23.4 Å². The van der Waals surface area contributed by atoms with Crippen molar-refractivity contribution in [3.63, 3.8) is 0 Å². The molecule has 0 heterocycles. The summed E-state index contributed by atoms with van der Waals surface area (Å²) in [6, 6.07) is 0. The van der Waals surface area contributed by atoms with Crippen molar-refractivity contribution in [2.45, 2.75) is 341 Å². The molecule has 0 aromatic heterocycles. The lowest BCUT2D eigenvalue weighted by atomic mass is 10.1. The number of phosphoric ester groups is 1. The van der Waals surface area contributed by atoms with Gasteiger partial charge < -0.3 is 24.2 Å². The molecule has 3 unspecified atom stereocenters. The zero-order valence-electron chi connectivity index (χ0n) is 53.2. The number of phosphoric acid groups is 1. The predicted molar refractivity (Wildman–Crippen MR) is 344 cm³/mol. The largest absolute Gasteiger partial charge is 0.472 e. The van der Waals surface area contributed by atoms with Gasteiger partial charge in [-0.2, -0.15) is 0 Å². The summed E-state index contributed by atoms with van der Waals surface area (Å²) in [4.78, 5) is 48.9. The van der Waals surface area contributed by atoms with Crippen molar-refractivity contribution in [2.75, 3.05) is 26.4 Å². The van der Waals surface area contributed by atoms with Crippen LogP contribution < -0.4 is 0 Å². The van der Waals surface area contributed by atoms with Crippen molar-refractivity contribution in [1.82, 2.24) is 0 Å². The van der Waals surface area contributed by atoms with E-state index in [9.17, 15) is 28.9 Å². The normalized spacial score (nSPS) is 13.6. The SMILES string of the molecule is CCCCC/C=C\C/C=C\CCCCCCCCCCCC(=O)OC(COC(=O)CCCCCCCCC/C=C\C/C=C\CCCCC)COP(=O)(O)OCC(CO)OC(=O)CCCCCCCCCCC/C=C\CCCCCCCC. The van der Waals surface area contributed by atoms with Gasteiger partial charge in [0.2, 0.25) is 0 Å². The van der Waals surface area contributed by atoms with Crippen LogP contribution in [0.2, 0.25) is 0 Å². The molecule has 0 aliphatic heterocycles. The highest BCUT2D eigenvalue weighted by Gasteiger charge is 2.28. The zero-order chi connectivity index (χ0) is 59.8. The van der Waals surface area contributed by atoms with Crippen molar-refractivity contribution in [3.8, 4) is 0 Å². The summed E-state index contributed by atoms with van der Waals surface area (Å²) < 4.78 is 39.8. The van der Waals surface area contributed by atoms with E-state index in [1.165, 1.54) is 186 Å². The number of rotatable bonds is 64. The first-order valence-corrected chi connectivity index (χ1v) is 35.7. The summed E-state index contributed by atoms with van der Waals surface area (Å²) in [5, 5.41) is 9.88. The Morgan fingerprint density at radius 2 is 0.598 bits per heavy atom. The molecule has 0 amide bonds. The maximum absolute atomic E-state index is 13.0. The summed E-state index contributed by atoms with van der Waals surface area (Å²) in [6.07, 6.45) is 73.0. The first kappa shape index (κ1) is 79.2. The van der Waals surface area contributed by atoms with E-state index in [0.29, 0.717) is 19.3 Å². The van der Waals surface area contributed by atoms with E-state index < -0.39 is 57.8 Å². The summed E-state index contributed by atoms with van der Waals surface area (Å²) in [7, 11) is -4.76. The minimum atomic E-state index is -4.76. The fourth-order valence-electron chi connectivity index (χ4n) is 9.65. The van der Waals surface area contributed by atoms with Gasteiger partial charge in [0.05, 0.1) is 19.8 Å². The fraction of sp³-hybridized carbons (Fsp3) is 0.814. The average Bonchev–Trinajstić information content (AvgIpc) is 3.50. The zero-order valence-corrected chi connectivity index (χ0v) is 54.1. The van der Waals surface area contributed by atoms with Gasteiger partial charge in [-0.15, -0.1) is 0 Å². The molecule has 0 radical (unpaired) electrons. The highest BCUT2D eigenvalue weighted by atomic mass is 31.2. The van der Waals surface area contributed by atoms with Gasteiger partial charge in [-0.25, -0.2) is 4.57 Å². The number of carbonyl (C=O) groups is 3. The van der Waals surface area contributed by atoms with Gasteiger partial charge >= 0.3 is 25.7 Å². The van der Waals surface area contributed by atoms with Crippen LogP contribution in [0.4, 0.5) is 0 Å². The third-order valence-electron chi connectivity index (χ3n) is 14.9. The second kappa shape index (κ2) is 64.2. The molecule has 0 spiro atoms. The number of ether oxygens (including phenoxy) is 3. The molecule has 82 heavy (non-hydrogen) atoms. The molecule has 478 valence electrons. The lowest BCUT2D eigenvalue weighted by molar-refractivity contribution is -0.161. The number of aliphatic hydroxyl groups is 1. The van der Waals surface area contributed by atoms with E-state index >= 15 is 0 Å². The Balaban J connectivity index is 4.67. The van der Waals surface area contributed by atoms with Gasteiger partial charge in [0, 0.05) is 19.3 Å². The van der Waals surface area contributed by atoms with Gasteiger partial charge in [-0.05, 0) is 109 Å². The van der Waals surface area contributed by atoms with Gasteiger partial charge in [0.15, 0.2) is 6.10 Å². The second-order valence-electron chi connectivity index (χ2n) is 23.0. The van der Waals surface area contributed by atoms with Crippen LogP contribution in [0.25, 0.3) is 0 Å². The van der Waals surface area contributed by atoms with Crippen molar-refractivity contribution in [1.29, 1.82) is 0 Å². The lowest BCUT2D eigenvalue weighted by Gasteiger charge is -2.21.